The van der Waals surface area contributed by atoms with Crippen molar-refractivity contribution in [1.82, 2.24) is 5.32 Å². The van der Waals surface area contributed by atoms with E-state index >= 15 is 0 Å². The molecule has 2 N–H and O–H groups in total. The summed E-state index contributed by atoms with van der Waals surface area (Å²) < 4.78 is 9.68. The molecule has 0 radical (unpaired) electrons. The zero-order valence-electron chi connectivity index (χ0n) is 8.09. The van der Waals surface area contributed by atoms with Gasteiger partial charge in [0.2, 0.25) is 0 Å². The summed E-state index contributed by atoms with van der Waals surface area (Å²) in [6.07, 6.45) is 0. The van der Waals surface area contributed by atoms with Crippen molar-refractivity contribution in [3.63, 3.8) is 0 Å². The molecule has 0 aliphatic heterocycles. The van der Waals surface area contributed by atoms with Crippen molar-refractivity contribution >= 4 is 0 Å². The van der Waals surface area contributed by atoms with Gasteiger partial charge in [-0.1, -0.05) is 0 Å². The van der Waals surface area contributed by atoms with Gasteiger partial charge >= 0.3 is 0 Å². The molecule has 12 heavy (non-hydrogen) atoms. The second-order valence-electron chi connectivity index (χ2n) is 3.10. The van der Waals surface area contributed by atoms with E-state index in [1.165, 1.54) is 0 Å². The maximum atomic E-state index is 9.59. The molecule has 0 aromatic carbocycles. The highest BCUT2D eigenvalue weighted by molar-refractivity contribution is 4.74. The molecule has 1 unspecified atom stereocenters. The second-order valence-corrected chi connectivity index (χ2v) is 3.10. The van der Waals surface area contributed by atoms with Gasteiger partial charge in [0, 0.05) is 27.3 Å². The van der Waals surface area contributed by atoms with E-state index in [1.54, 1.807) is 21.1 Å². The van der Waals surface area contributed by atoms with Crippen molar-refractivity contribution < 1.29 is 14.6 Å². The maximum Gasteiger partial charge on any atom is 0.0975 e. The molecular weight excluding hydrogens is 158 g/mol. The van der Waals surface area contributed by atoms with Crippen molar-refractivity contribution in [2.45, 2.75) is 12.5 Å². The zero-order valence-corrected chi connectivity index (χ0v) is 8.09. The number of methoxy groups -OCH3 is 2. The van der Waals surface area contributed by atoms with Gasteiger partial charge in [0.1, 0.15) is 0 Å². The summed E-state index contributed by atoms with van der Waals surface area (Å²) in [5.41, 5.74) is -0.789. The van der Waals surface area contributed by atoms with Crippen LogP contribution in [0.4, 0.5) is 0 Å². The van der Waals surface area contributed by atoms with Crippen LogP contribution < -0.4 is 5.32 Å². The standard InChI is InChI=1S/C8H19NO3/c1-8(10,7-12-3)6-9-4-5-11-2/h9-10H,4-7H2,1-3H3. The maximum absolute atomic E-state index is 9.59. The highest BCUT2D eigenvalue weighted by Gasteiger charge is 2.18. The Labute approximate surface area is 73.9 Å². The van der Waals surface area contributed by atoms with E-state index in [2.05, 4.69) is 5.32 Å². The van der Waals surface area contributed by atoms with Crippen molar-refractivity contribution in [2.24, 2.45) is 0 Å². The molecule has 0 rings (SSSR count). The summed E-state index contributed by atoms with van der Waals surface area (Å²) in [7, 11) is 3.22. The van der Waals surface area contributed by atoms with E-state index in [-0.39, 0.29) is 0 Å². The lowest BCUT2D eigenvalue weighted by atomic mass is 10.1. The van der Waals surface area contributed by atoms with Gasteiger partial charge in [-0.15, -0.1) is 0 Å². The van der Waals surface area contributed by atoms with E-state index in [0.717, 1.165) is 6.54 Å². The Morgan fingerprint density at radius 3 is 2.50 bits per heavy atom. The molecule has 0 saturated heterocycles. The fraction of sp³-hybridized carbons (Fsp3) is 1.00. The van der Waals surface area contributed by atoms with Crippen molar-refractivity contribution in [3.8, 4) is 0 Å². The Hall–Kier alpha value is -0.160. The minimum Gasteiger partial charge on any atom is -0.386 e. The first kappa shape index (κ1) is 11.8. The third-order valence-corrected chi connectivity index (χ3v) is 1.44. The van der Waals surface area contributed by atoms with Crippen LogP contribution in [-0.4, -0.2) is 51.2 Å². The second kappa shape index (κ2) is 6.37. The van der Waals surface area contributed by atoms with Crippen molar-refractivity contribution in [1.29, 1.82) is 0 Å². The minimum absolute atomic E-state index is 0.340. The summed E-state index contributed by atoms with van der Waals surface area (Å²) in [4.78, 5) is 0. The molecule has 1 atom stereocenters. The Morgan fingerprint density at radius 1 is 1.33 bits per heavy atom. The predicted octanol–water partition coefficient (Wildman–Crippen LogP) is -0.380. The SMILES string of the molecule is COCCNCC(C)(O)COC. The zero-order chi connectivity index (χ0) is 9.45. The average molecular weight is 177 g/mol. The predicted molar refractivity (Wildman–Crippen MR) is 47.2 cm³/mol. The first-order valence-corrected chi connectivity index (χ1v) is 4.03. The third kappa shape index (κ3) is 6.54. The van der Waals surface area contributed by atoms with Gasteiger partial charge in [-0.25, -0.2) is 0 Å². The topological polar surface area (TPSA) is 50.7 Å². The van der Waals surface area contributed by atoms with Gasteiger partial charge in [0.05, 0.1) is 18.8 Å². The summed E-state index contributed by atoms with van der Waals surface area (Å²) in [6.45, 7) is 3.99. The van der Waals surface area contributed by atoms with Crippen LogP contribution in [0, 0.1) is 0 Å². The molecule has 0 aromatic heterocycles. The van der Waals surface area contributed by atoms with Gasteiger partial charge in [-0.2, -0.15) is 0 Å². The number of aliphatic hydroxyl groups is 1. The Morgan fingerprint density at radius 2 is 2.00 bits per heavy atom. The van der Waals surface area contributed by atoms with Gasteiger partial charge in [-0.3, -0.25) is 0 Å². The van der Waals surface area contributed by atoms with Crippen LogP contribution in [0.5, 0.6) is 0 Å². The molecule has 0 heterocycles. The smallest absolute Gasteiger partial charge is 0.0975 e. The quantitative estimate of drug-likeness (QED) is 0.520. The Balaban J connectivity index is 3.33. The monoisotopic (exact) mass is 177 g/mol. The lowest BCUT2D eigenvalue weighted by Gasteiger charge is -2.22. The van der Waals surface area contributed by atoms with E-state index < -0.39 is 5.60 Å². The highest BCUT2D eigenvalue weighted by Crippen LogP contribution is 2.00. The summed E-state index contributed by atoms with van der Waals surface area (Å²) in [6, 6.07) is 0. The Bertz CT molecular complexity index is 106. The summed E-state index contributed by atoms with van der Waals surface area (Å²) in [5, 5.41) is 12.6. The number of rotatable bonds is 7. The molecule has 0 fully saturated rings. The molecule has 0 bridgehead atoms. The molecule has 0 aliphatic rings. The van der Waals surface area contributed by atoms with Crippen LogP contribution in [0.25, 0.3) is 0 Å². The molecule has 0 aliphatic carbocycles. The molecule has 74 valence electrons. The molecule has 4 heteroatoms. The highest BCUT2D eigenvalue weighted by atomic mass is 16.5. The minimum atomic E-state index is -0.789. The summed E-state index contributed by atoms with van der Waals surface area (Å²) >= 11 is 0. The van der Waals surface area contributed by atoms with Crippen LogP contribution in [0.15, 0.2) is 0 Å². The average Bonchev–Trinajstić information content (AvgIpc) is 1.98. The van der Waals surface area contributed by atoms with Gasteiger partial charge in [0.15, 0.2) is 0 Å². The van der Waals surface area contributed by atoms with Crippen LogP contribution in [-0.2, 0) is 9.47 Å². The third-order valence-electron chi connectivity index (χ3n) is 1.44. The number of hydrogen-bond acceptors (Lipinski definition) is 4. The van der Waals surface area contributed by atoms with E-state index in [9.17, 15) is 5.11 Å². The molecule has 0 saturated carbocycles. The largest absolute Gasteiger partial charge is 0.386 e. The van der Waals surface area contributed by atoms with Gasteiger partial charge in [0.25, 0.3) is 0 Å². The first-order valence-electron chi connectivity index (χ1n) is 4.03. The number of hydrogen-bond donors (Lipinski definition) is 2. The number of nitrogens with one attached hydrogen (secondary N) is 1. The van der Waals surface area contributed by atoms with Crippen molar-refractivity contribution in [3.05, 3.63) is 0 Å². The van der Waals surface area contributed by atoms with Crippen molar-refractivity contribution in [2.75, 3.05) is 40.5 Å². The molecule has 0 spiro atoms. The van der Waals surface area contributed by atoms with Crippen LogP contribution in [0.3, 0.4) is 0 Å². The van der Waals surface area contributed by atoms with Crippen LogP contribution in [0.2, 0.25) is 0 Å². The molecule has 0 amide bonds. The number of ether oxygens (including phenoxy) is 2. The first-order chi connectivity index (χ1) is 5.62. The normalized spacial score (nSPS) is 16.0. The summed E-state index contributed by atoms with van der Waals surface area (Å²) in [5.74, 6) is 0. The van der Waals surface area contributed by atoms with E-state index in [4.69, 9.17) is 9.47 Å². The molecular formula is C8H19NO3. The lowest BCUT2D eigenvalue weighted by Crippen LogP contribution is -2.42. The van der Waals surface area contributed by atoms with Crippen LogP contribution in [0.1, 0.15) is 6.92 Å². The fourth-order valence-electron chi connectivity index (χ4n) is 0.894. The van der Waals surface area contributed by atoms with E-state index in [0.29, 0.717) is 19.8 Å². The Kier molecular flexibility index (Phi) is 6.28. The lowest BCUT2D eigenvalue weighted by molar-refractivity contribution is -0.0160. The van der Waals surface area contributed by atoms with Gasteiger partial charge < -0.3 is 19.9 Å². The van der Waals surface area contributed by atoms with Gasteiger partial charge in [-0.05, 0) is 6.92 Å². The molecule has 4 nitrogen and oxygen atoms in total. The fourth-order valence-corrected chi connectivity index (χ4v) is 0.894. The molecule has 0 aromatic rings. The van der Waals surface area contributed by atoms with Crippen LogP contribution >= 0.6 is 0 Å². The van der Waals surface area contributed by atoms with E-state index in [1.807, 2.05) is 0 Å².